The molecule has 1 fully saturated rings. The second-order valence-corrected chi connectivity index (χ2v) is 8.82. The number of ether oxygens (including phenoxy) is 1. The van der Waals surface area contributed by atoms with Gasteiger partial charge in [0.2, 0.25) is 0 Å². The summed E-state index contributed by atoms with van der Waals surface area (Å²) in [7, 11) is 0. The molecule has 0 spiro atoms. The van der Waals surface area contributed by atoms with Crippen molar-refractivity contribution in [3.8, 4) is 5.75 Å². The highest BCUT2D eigenvalue weighted by Gasteiger charge is 2.35. The van der Waals surface area contributed by atoms with Crippen molar-refractivity contribution in [2.75, 3.05) is 6.61 Å². The first-order valence-electron chi connectivity index (χ1n) is 8.83. The molecule has 0 saturated carbocycles. The number of fused-ring (bicyclic) bond motifs is 1. The number of hydrogen-bond donors (Lipinski definition) is 2. The third-order valence-corrected chi connectivity index (χ3v) is 6.16. The maximum Gasteiger partial charge on any atom is 0.271 e. The van der Waals surface area contributed by atoms with Crippen molar-refractivity contribution in [2.24, 2.45) is 4.99 Å². The molecule has 1 saturated heterocycles. The van der Waals surface area contributed by atoms with Gasteiger partial charge in [-0.3, -0.25) is 14.6 Å². The fourth-order valence-corrected chi connectivity index (χ4v) is 4.88. The molecule has 26 heavy (non-hydrogen) atoms. The standard InChI is InChI=1S/C19H23N3O3S/c1-11-20-17-15(16(26-11)12-4-6-14(23)7-5-12)18(24)21-22(17)13-8-9-25-19(2,3)10-13/h4-7,13,16,23H,8-10H2,1-3H3,(H,21,24). The number of hydrogen-bond acceptors (Lipinski definition) is 5. The van der Waals surface area contributed by atoms with Crippen LogP contribution in [0.5, 0.6) is 5.75 Å². The minimum Gasteiger partial charge on any atom is -0.508 e. The number of aliphatic imine (C=N–C) groups is 1. The first kappa shape index (κ1) is 17.4. The van der Waals surface area contributed by atoms with Gasteiger partial charge in [-0.15, -0.1) is 0 Å². The van der Waals surface area contributed by atoms with E-state index in [2.05, 4.69) is 18.9 Å². The Morgan fingerprint density at radius 1 is 1.35 bits per heavy atom. The highest BCUT2D eigenvalue weighted by Crippen LogP contribution is 2.45. The Balaban J connectivity index is 1.79. The molecule has 2 unspecified atom stereocenters. The summed E-state index contributed by atoms with van der Waals surface area (Å²) in [4.78, 5) is 17.5. The summed E-state index contributed by atoms with van der Waals surface area (Å²) in [5, 5.41) is 13.4. The molecule has 7 heteroatoms. The zero-order valence-electron chi connectivity index (χ0n) is 15.2. The Kier molecular flexibility index (Phi) is 4.23. The zero-order valence-corrected chi connectivity index (χ0v) is 16.0. The fourth-order valence-electron chi connectivity index (χ4n) is 3.78. The van der Waals surface area contributed by atoms with E-state index in [9.17, 15) is 9.90 Å². The number of aromatic hydroxyl groups is 1. The minimum atomic E-state index is -0.213. The van der Waals surface area contributed by atoms with E-state index in [1.807, 2.05) is 23.7 Å². The second kappa shape index (κ2) is 6.32. The van der Waals surface area contributed by atoms with Crippen LogP contribution in [0.4, 0.5) is 5.82 Å². The molecule has 1 aromatic heterocycles. The SMILES string of the molecule is CC1=Nc2c(c(=O)[nH]n2C2CCOC(C)(C)C2)C(c2ccc(O)cc2)S1. The average Bonchev–Trinajstić information content (AvgIpc) is 2.91. The fraction of sp³-hybridized carbons (Fsp3) is 0.474. The number of phenols is 1. The highest BCUT2D eigenvalue weighted by atomic mass is 32.2. The third kappa shape index (κ3) is 3.10. The highest BCUT2D eigenvalue weighted by molar-refractivity contribution is 8.14. The second-order valence-electron chi connectivity index (χ2n) is 7.52. The summed E-state index contributed by atoms with van der Waals surface area (Å²) in [6.45, 7) is 6.80. The number of nitrogens with one attached hydrogen (secondary N) is 1. The van der Waals surface area contributed by atoms with Gasteiger partial charge in [0.15, 0.2) is 5.82 Å². The van der Waals surface area contributed by atoms with Gasteiger partial charge in [-0.1, -0.05) is 23.9 Å². The molecule has 2 aromatic rings. The van der Waals surface area contributed by atoms with E-state index < -0.39 is 0 Å². The molecule has 6 nitrogen and oxygen atoms in total. The lowest BCUT2D eigenvalue weighted by Gasteiger charge is -2.36. The van der Waals surface area contributed by atoms with Gasteiger partial charge in [0.05, 0.1) is 27.5 Å². The molecule has 4 rings (SSSR count). The molecule has 0 radical (unpaired) electrons. The molecule has 138 valence electrons. The van der Waals surface area contributed by atoms with Crippen LogP contribution in [-0.2, 0) is 4.74 Å². The summed E-state index contributed by atoms with van der Waals surface area (Å²) in [6, 6.07) is 7.20. The molecule has 2 aliphatic heterocycles. The minimum absolute atomic E-state index is 0.0916. The maximum absolute atomic E-state index is 12.8. The Morgan fingerprint density at radius 2 is 2.08 bits per heavy atom. The van der Waals surface area contributed by atoms with Crippen LogP contribution in [0.25, 0.3) is 0 Å². The zero-order chi connectivity index (χ0) is 18.5. The molecule has 2 aliphatic rings. The molecule has 0 aliphatic carbocycles. The predicted molar refractivity (Wildman–Crippen MR) is 104 cm³/mol. The van der Waals surface area contributed by atoms with Gasteiger partial charge >= 0.3 is 0 Å². The Labute approximate surface area is 156 Å². The van der Waals surface area contributed by atoms with Crippen LogP contribution in [0.2, 0.25) is 0 Å². The Bertz CT molecular complexity index is 911. The Morgan fingerprint density at radius 3 is 2.77 bits per heavy atom. The van der Waals surface area contributed by atoms with Crippen molar-refractivity contribution in [2.45, 2.75) is 50.5 Å². The predicted octanol–water partition coefficient (Wildman–Crippen LogP) is 3.90. The quantitative estimate of drug-likeness (QED) is 0.837. The van der Waals surface area contributed by atoms with Gasteiger partial charge in [0.1, 0.15) is 5.75 Å². The third-order valence-electron chi connectivity index (χ3n) is 4.98. The largest absolute Gasteiger partial charge is 0.508 e. The number of rotatable bonds is 2. The molecular weight excluding hydrogens is 350 g/mol. The van der Waals surface area contributed by atoms with Crippen molar-refractivity contribution in [3.05, 3.63) is 45.7 Å². The van der Waals surface area contributed by atoms with Crippen molar-refractivity contribution in [1.29, 1.82) is 0 Å². The molecule has 0 bridgehead atoms. The molecule has 3 heterocycles. The molecule has 0 amide bonds. The monoisotopic (exact) mass is 373 g/mol. The van der Waals surface area contributed by atoms with E-state index in [4.69, 9.17) is 9.73 Å². The van der Waals surface area contributed by atoms with Crippen LogP contribution in [-0.4, -0.2) is 32.1 Å². The normalized spacial score (nSPS) is 24.8. The topological polar surface area (TPSA) is 79.6 Å². The van der Waals surface area contributed by atoms with Crippen LogP contribution in [0.3, 0.4) is 0 Å². The van der Waals surface area contributed by atoms with Gasteiger partial charge in [0, 0.05) is 6.61 Å². The summed E-state index contributed by atoms with van der Waals surface area (Å²) < 4.78 is 7.76. The van der Waals surface area contributed by atoms with E-state index in [1.165, 1.54) is 0 Å². The van der Waals surface area contributed by atoms with Crippen molar-refractivity contribution in [3.63, 3.8) is 0 Å². The van der Waals surface area contributed by atoms with Crippen molar-refractivity contribution < 1.29 is 9.84 Å². The Hall–Kier alpha value is -1.99. The van der Waals surface area contributed by atoms with Gasteiger partial charge < -0.3 is 9.84 Å². The van der Waals surface area contributed by atoms with E-state index in [-0.39, 0.29) is 28.2 Å². The van der Waals surface area contributed by atoms with Crippen LogP contribution in [0.1, 0.15) is 56.0 Å². The lowest BCUT2D eigenvalue weighted by Crippen LogP contribution is -2.35. The number of nitrogens with zero attached hydrogens (tertiary/aromatic N) is 2. The van der Waals surface area contributed by atoms with Crippen molar-refractivity contribution >= 4 is 22.6 Å². The lowest BCUT2D eigenvalue weighted by atomic mass is 9.94. The lowest BCUT2D eigenvalue weighted by molar-refractivity contribution is -0.0705. The number of aromatic nitrogens is 2. The van der Waals surface area contributed by atoms with Crippen LogP contribution in [0, 0.1) is 0 Å². The summed E-state index contributed by atoms with van der Waals surface area (Å²) in [5.74, 6) is 0.947. The van der Waals surface area contributed by atoms with Gasteiger partial charge in [0.25, 0.3) is 5.56 Å². The van der Waals surface area contributed by atoms with Crippen LogP contribution >= 0.6 is 11.8 Å². The maximum atomic E-state index is 12.8. The van der Waals surface area contributed by atoms with Gasteiger partial charge in [-0.25, -0.2) is 4.99 Å². The average molecular weight is 373 g/mol. The van der Waals surface area contributed by atoms with Gasteiger partial charge in [-0.2, -0.15) is 0 Å². The van der Waals surface area contributed by atoms with Crippen LogP contribution in [0.15, 0.2) is 34.1 Å². The van der Waals surface area contributed by atoms with E-state index in [0.717, 1.165) is 29.3 Å². The summed E-state index contributed by atoms with van der Waals surface area (Å²) in [6.07, 6.45) is 1.68. The van der Waals surface area contributed by atoms with E-state index >= 15 is 0 Å². The number of benzene rings is 1. The van der Waals surface area contributed by atoms with Crippen LogP contribution < -0.4 is 5.56 Å². The first-order chi connectivity index (χ1) is 12.3. The number of aromatic amines is 1. The molecule has 2 atom stereocenters. The van der Waals surface area contributed by atoms with E-state index in [0.29, 0.717) is 12.2 Å². The number of H-pyrrole nitrogens is 1. The smallest absolute Gasteiger partial charge is 0.271 e. The molecular formula is C19H23N3O3S. The summed E-state index contributed by atoms with van der Waals surface area (Å²) in [5.41, 5.74) is 1.37. The summed E-state index contributed by atoms with van der Waals surface area (Å²) >= 11 is 1.57. The van der Waals surface area contributed by atoms with E-state index in [1.54, 1.807) is 23.9 Å². The number of phenolic OH excluding ortho intramolecular Hbond substituents is 1. The number of thioether (sulfide) groups is 1. The molecule has 2 N–H and O–H groups in total. The van der Waals surface area contributed by atoms with Crippen molar-refractivity contribution in [1.82, 2.24) is 9.78 Å². The van der Waals surface area contributed by atoms with Gasteiger partial charge in [-0.05, 0) is 51.3 Å². The molecule has 1 aromatic carbocycles. The first-order valence-corrected chi connectivity index (χ1v) is 9.71.